The molecule has 0 aromatic carbocycles. The van der Waals surface area contributed by atoms with Crippen LogP contribution in [0.5, 0.6) is 0 Å². The van der Waals surface area contributed by atoms with E-state index >= 15 is 0 Å². The Morgan fingerprint density at radius 3 is 2.81 bits per heavy atom. The molecule has 5 nitrogen and oxygen atoms in total. The highest BCUT2D eigenvalue weighted by atomic mass is 32.2. The average Bonchev–Trinajstić information content (AvgIpc) is 2.67. The van der Waals surface area contributed by atoms with Gasteiger partial charge in [-0.2, -0.15) is 0 Å². The maximum atomic E-state index is 11.7. The summed E-state index contributed by atoms with van der Waals surface area (Å²) in [5.41, 5.74) is 5.40. The molecule has 0 saturated carbocycles. The number of nitrogens with two attached hydrogens (primary N) is 1. The van der Waals surface area contributed by atoms with E-state index in [0.717, 1.165) is 11.3 Å². The molecule has 0 spiro atoms. The summed E-state index contributed by atoms with van der Waals surface area (Å²) in [5, 5.41) is 0. The molecule has 90 valence electrons. The number of hydrogen-bond acceptors (Lipinski definition) is 5. The van der Waals surface area contributed by atoms with E-state index in [9.17, 15) is 8.42 Å². The summed E-state index contributed by atoms with van der Waals surface area (Å²) in [5.74, 6) is 0. The average molecular weight is 280 g/mol. The number of thiocarbonyl (C=S) groups is 1. The summed E-state index contributed by atoms with van der Waals surface area (Å²) in [6.07, 6.45) is 0. The van der Waals surface area contributed by atoms with Gasteiger partial charge in [0.2, 0.25) is 10.0 Å². The zero-order valence-electron chi connectivity index (χ0n) is 8.60. The Balaban J connectivity index is 2.78. The second-order valence-electron chi connectivity index (χ2n) is 2.87. The second kappa shape index (κ2) is 5.69. The van der Waals surface area contributed by atoms with Crippen LogP contribution < -0.4 is 10.5 Å². The molecule has 1 aromatic rings. The van der Waals surface area contributed by atoms with Crippen LogP contribution >= 0.6 is 23.6 Å². The lowest BCUT2D eigenvalue weighted by Gasteiger charge is -2.03. The molecule has 0 aliphatic carbocycles. The number of hydrogen-bond donors (Lipinski definition) is 2. The smallest absolute Gasteiger partial charge is 0.250 e. The van der Waals surface area contributed by atoms with Gasteiger partial charge in [-0.25, -0.2) is 13.1 Å². The van der Waals surface area contributed by atoms with Crippen LogP contribution in [0.4, 0.5) is 0 Å². The molecular formula is C8H12N2O3S3. The van der Waals surface area contributed by atoms with Gasteiger partial charge in [-0.15, -0.1) is 11.3 Å². The SMILES string of the molecule is COCCNS(=O)(=O)c1ccc(C(N)=S)s1. The molecular weight excluding hydrogens is 268 g/mol. The largest absolute Gasteiger partial charge is 0.389 e. The first-order valence-corrected chi connectivity index (χ1v) is 7.06. The van der Waals surface area contributed by atoms with Gasteiger partial charge in [0.1, 0.15) is 9.20 Å². The summed E-state index contributed by atoms with van der Waals surface area (Å²) in [4.78, 5) is 0.783. The fraction of sp³-hybridized carbons (Fsp3) is 0.375. The zero-order valence-corrected chi connectivity index (χ0v) is 11.0. The minimum Gasteiger partial charge on any atom is -0.389 e. The van der Waals surface area contributed by atoms with Crippen LogP contribution in [0.1, 0.15) is 4.88 Å². The highest BCUT2D eigenvalue weighted by Gasteiger charge is 2.16. The van der Waals surface area contributed by atoms with Gasteiger partial charge in [-0.05, 0) is 12.1 Å². The van der Waals surface area contributed by atoms with E-state index in [1.165, 1.54) is 13.2 Å². The van der Waals surface area contributed by atoms with E-state index in [-0.39, 0.29) is 15.7 Å². The van der Waals surface area contributed by atoms with Gasteiger partial charge in [0, 0.05) is 13.7 Å². The summed E-state index contributed by atoms with van der Waals surface area (Å²) >= 11 is 5.81. The van der Waals surface area contributed by atoms with Gasteiger partial charge in [0.25, 0.3) is 0 Å². The van der Waals surface area contributed by atoms with Gasteiger partial charge in [-0.3, -0.25) is 0 Å². The molecule has 3 N–H and O–H groups in total. The number of thiophene rings is 1. The van der Waals surface area contributed by atoms with E-state index in [2.05, 4.69) is 4.72 Å². The van der Waals surface area contributed by atoms with Crippen molar-refractivity contribution in [3.05, 3.63) is 17.0 Å². The first kappa shape index (κ1) is 13.5. The summed E-state index contributed by atoms with van der Waals surface area (Å²) in [7, 11) is -1.97. The summed E-state index contributed by atoms with van der Waals surface area (Å²) in [6.45, 7) is 0.561. The zero-order chi connectivity index (χ0) is 12.2. The van der Waals surface area contributed by atoms with Gasteiger partial charge < -0.3 is 10.5 Å². The quantitative estimate of drug-likeness (QED) is 0.579. The van der Waals surface area contributed by atoms with Gasteiger partial charge in [0.05, 0.1) is 11.5 Å². The number of rotatable bonds is 6. The van der Waals surface area contributed by atoms with Crippen molar-refractivity contribution in [2.45, 2.75) is 4.21 Å². The van der Waals surface area contributed by atoms with Crippen LogP contribution in [-0.4, -0.2) is 33.7 Å². The first-order chi connectivity index (χ1) is 7.47. The van der Waals surface area contributed by atoms with E-state index in [1.54, 1.807) is 6.07 Å². The van der Waals surface area contributed by atoms with Crippen LogP contribution in [-0.2, 0) is 14.8 Å². The molecule has 0 fully saturated rings. The third-order valence-corrected chi connectivity index (χ3v) is 5.11. The van der Waals surface area contributed by atoms with Gasteiger partial charge in [-0.1, -0.05) is 12.2 Å². The Kier molecular flexibility index (Phi) is 4.81. The Bertz CT molecular complexity index is 467. The fourth-order valence-electron chi connectivity index (χ4n) is 0.946. The van der Waals surface area contributed by atoms with E-state index < -0.39 is 10.0 Å². The van der Waals surface area contributed by atoms with Crippen LogP contribution in [0, 0.1) is 0 Å². The maximum absolute atomic E-state index is 11.7. The Morgan fingerprint density at radius 1 is 1.62 bits per heavy atom. The topological polar surface area (TPSA) is 81.4 Å². The maximum Gasteiger partial charge on any atom is 0.250 e. The minimum atomic E-state index is -3.47. The molecule has 1 rings (SSSR count). The standard InChI is InChI=1S/C8H12N2O3S3/c1-13-5-4-10-16(11,12)7-3-2-6(15-7)8(9)14/h2-3,10H,4-5H2,1H3,(H2,9,14). The van der Waals surface area contributed by atoms with Crippen molar-refractivity contribution >= 4 is 38.6 Å². The highest BCUT2D eigenvalue weighted by molar-refractivity contribution is 7.91. The third kappa shape index (κ3) is 3.49. The van der Waals surface area contributed by atoms with Crippen molar-refractivity contribution in [2.24, 2.45) is 5.73 Å². The Labute approximate surface area is 104 Å². The van der Waals surface area contributed by atoms with Crippen molar-refractivity contribution in [1.82, 2.24) is 4.72 Å². The van der Waals surface area contributed by atoms with Crippen LogP contribution in [0.25, 0.3) is 0 Å². The Morgan fingerprint density at radius 2 is 2.31 bits per heavy atom. The molecule has 0 atom stereocenters. The highest BCUT2D eigenvalue weighted by Crippen LogP contribution is 2.20. The van der Waals surface area contributed by atoms with E-state index in [4.69, 9.17) is 22.7 Å². The van der Waals surface area contributed by atoms with Gasteiger partial charge in [0.15, 0.2) is 0 Å². The predicted molar refractivity (Wildman–Crippen MR) is 67.3 cm³/mol. The van der Waals surface area contributed by atoms with Crippen molar-refractivity contribution in [3.63, 3.8) is 0 Å². The molecule has 1 heterocycles. The molecule has 0 unspecified atom stereocenters. The lowest BCUT2D eigenvalue weighted by Crippen LogP contribution is -2.26. The predicted octanol–water partition coefficient (Wildman–Crippen LogP) is 0.307. The number of nitrogens with one attached hydrogen (secondary N) is 1. The van der Waals surface area contributed by atoms with Crippen molar-refractivity contribution < 1.29 is 13.2 Å². The number of sulfonamides is 1. The molecule has 0 aliphatic heterocycles. The van der Waals surface area contributed by atoms with Crippen LogP contribution in [0.3, 0.4) is 0 Å². The van der Waals surface area contributed by atoms with Crippen molar-refractivity contribution in [2.75, 3.05) is 20.3 Å². The molecule has 0 bridgehead atoms. The van der Waals surface area contributed by atoms with Crippen molar-refractivity contribution in [3.8, 4) is 0 Å². The summed E-state index contributed by atoms with van der Waals surface area (Å²) in [6, 6.07) is 3.08. The lowest BCUT2D eigenvalue weighted by atomic mass is 10.5. The van der Waals surface area contributed by atoms with Crippen LogP contribution in [0.15, 0.2) is 16.3 Å². The second-order valence-corrected chi connectivity index (χ2v) is 6.39. The normalized spacial score (nSPS) is 11.6. The van der Waals surface area contributed by atoms with Crippen LogP contribution in [0.2, 0.25) is 0 Å². The molecule has 0 amide bonds. The molecule has 0 saturated heterocycles. The molecule has 8 heteroatoms. The minimum absolute atomic E-state index is 0.198. The number of ether oxygens (including phenoxy) is 1. The monoisotopic (exact) mass is 280 g/mol. The number of methoxy groups -OCH3 is 1. The van der Waals surface area contributed by atoms with E-state index in [1.807, 2.05) is 0 Å². The Hall–Kier alpha value is -0.540. The first-order valence-electron chi connectivity index (χ1n) is 4.35. The summed E-state index contributed by atoms with van der Waals surface area (Å²) < 4.78 is 30.8. The van der Waals surface area contributed by atoms with E-state index in [0.29, 0.717) is 11.5 Å². The molecule has 16 heavy (non-hydrogen) atoms. The van der Waals surface area contributed by atoms with Crippen molar-refractivity contribution in [1.29, 1.82) is 0 Å². The van der Waals surface area contributed by atoms with Gasteiger partial charge >= 0.3 is 0 Å². The third-order valence-electron chi connectivity index (χ3n) is 1.69. The fourth-order valence-corrected chi connectivity index (χ4v) is 3.36. The molecule has 1 aromatic heterocycles. The lowest BCUT2D eigenvalue weighted by molar-refractivity contribution is 0.204. The molecule has 0 aliphatic rings. The molecule has 0 radical (unpaired) electrons.